The van der Waals surface area contributed by atoms with Gasteiger partial charge in [0.2, 0.25) is 0 Å². The molecule has 0 aromatic heterocycles. The van der Waals surface area contributed by atoms with E-state index in [2.05, 4.69) is 12.1 Å². The predicted octanol–water partition coefficient (Wildman–Crippen LogP) is 5.03. The van der Waals surface area contributed by atoms with Gasteiger partial charge in [-0.05, 0) is 34.9 Å². The quantitative estimate of drug-likeness (QED) is 0.679. The van der Waals surface area contributed by atoms with Crippen LogP contribution in [0.5, 0.6) is 0 Å². The predicted molar refractivity (Wildman–Crippen MR) is 123 cm³/mol. The molecule has 2 aliphatic rings. The fourth-order valence-corrected chi connectivity index (χ4v) is 4.15. The molecule has 30 heavy (non-hydrogen) atoms. The topological polar surface area (TPSA) is 48.2 Å². The lowest BCUT2D eigenvalue weighted by atomic mass is 9.84. The molecule has 0 saturated heterocycles. The van der Waals surface area contributed by atoms with Crippen LogP contribution in [0.25, 0.3) is 5.57 Å². The molecule has 3 aromatic carbocycles. The highest BCUT2D eigenvalue weighted by atomic mass is 16.3. The number of benzene rings is 3. The molecule has 1 aliphatic carbocycles. The average molecular weight is 393 g/mol. The maximum Gasteiger partial charge on any atom is 0.150 e. The summed E-state index contributed by atoms with van der Waals surface area (Å²) >= 11 is 0. The van der Waals surface area contributed by atoms with Gasteiger partial charge in [-0.3, -0.25) is 5.01 Å². The molecule has 1 N–H and O–H groups in total. The Kier molecular flexibility index (Phi) is 4.77. The maximum absolute atomic E-state index is 11.8. The van der Waals surface area contributed by atoms with Gasteiger partial charge in [-0.1, -0.05) is 78.9 Å². The summed E-state index contributed by atoms with van der Waals surface area (Å²) in [5.41, 5.74) is 3.60. The molecular formula is C26H23N3O. The van der Waals surface area contributed by atoms with Gasteiger partial charge in [-0.15, -0.1) is 0 Å². The third-order valence-corrected chi connectivity index (χ3v) is 5.64. The van der Waals surface area contributed by atoms with Gasteiger partial charge in [0.1, 0.15) is 5.60 Å². The van der Waals surface area contributed by atoms with E-state index in [1.807, 2.05) is 89.9 Å². The molecule has 0 spiro atoms. The number of aliphatic imine (C=N–C) groups is 1. The molecule has 4 heteroatoms. The van der Waals surface area contributed by atoms with Crippen LogP contribution in [0.2, 0.25) is 0 Å². The fourth-order valence-electron chi connectivity index (χ4n) is 4.15. The fraction of sp³-hybridized carbons (Fsp3) is 0.154. The van der Waals surface area contributed by atoms with E-state index in [-0.39, 0.29) is 0 Å². The van der Waals surface area contributed by atoms with Gasteiger partial charge in [-0.2, -0.15) is 5.10 Å². The third-order valence-electron chi connectivity index (χ3n) is 5.64. The highest BCUT2D eigenvalue weighted by Crippen LogP contribution is 2.44. The second-order valence-electron chi connectivity index (χ2n) is 7.66. The number of allylic oxidation sites excluding steroid dienone is 1. The standard InChI is InChI=1S/C26H23N3O/c30-26(21-12-6-2-7-13-21)19-22(18-24(26)20-10-4-1-5-11-20)27-25-16-17-29(28-25)23-14-8-3-9-15-23/h1-15,18,30H,16-17,19H2. The summed E-state index contributed by atoms with van der Waals surface area (Å²) in [6.07, 6.45) is 3.25. The van der Waals surface area contributed by atoms with E-state index >= 15 is 0 Å². The van der Waals surface area contributed by atoms with Crippen LogP contribution in [-0.2, 0) is 5.60 Å². The lowest BCUT2D eigenvalue weighted by Crippen LogP contribution is -2.25. The Morgan fingerprint density at radius 3 is 2.17 bits per heavy atom. The summed E-state index contributed by atoms with van der Waals surface area (Å²) < 4.78 is 0. The summed E-state index contributed by atoms with van der Waals surface area (Å²) in [4.78, 5) is 4.84. The first kappa shape index (κ1) is 18.5. The van der Waals surface area contributed by atoms with Gasteiger partial charge in [0, 0.05) is 25.1 Å². The molecule has 148 valence electrons. The molecule has 1 heterocycles. The van der Waals surface area contributed by atoms with Crippen LogP contribution >= 0.6 is 0 Å². The Labute approximate surface area is 176 Å². The van der Waals surface area contributed by atoms with Crippen molar-refractivity contribution in [2.45, 2.75) is 18.4 Å². The van der Waals surface area contributed by atoms with Crippen molar-refractivity contribution >= 4 is 22.8 Å². The minimum absolute atomic E-state index is 0.436. The van der Waals surface area contributed by atoms with Gasteiger partial charge in [-0.25, -0.2) is 4.99 Å². The molecule has 1 aliphatic heterocycles. The van der Waals surface area contributed by atoms with Gasteiger partial charge >= 0.3 is 0 Å². The van der Waals surface area contributed by atoms with E-state index in [9.17, 15) is 5.11 Å². The molecular weight excluding hydrogens is 370 g/mol. The maximum atomic E-state index is 11.8. The van der Waals surface area contributed by atoms with Crippen LogP contribution in [0.1, 0.15) is 24.0 Å². The van der Waals surface area contributed by atoms with E-state index in [0.717, 1.165) is 46.9 Å². The smallest absolute Gasteiger partial charge is 0.150 e. The minimum atomic E-state index is -1.10. The van der Waals surface area contributed by atoms with Crippen molar-refractivity contribution in [1.82, 2.24) is 0 Å². The first-order valence-electron chi connectivity index (χ1n) is 10.3. The van der Waals surface area contributed by atoms with Crippen LogP contribution < -0.4 is 5.01 Å². The van der Waals surface area contributed by atoms with Crippen molar-refractivity contribution in [2.75, 3.05) is 11.6 Å². The monoisotopic (exact) mass is 393 g/mol. The number of hydrazone groups is 1. The molecule has 0 saturated carbocycles. The van der Waals surface area contributed by atoms with Crippen LogP contribution in [0.4, 0.5) is 5.69 Å². The van der Waals surface area contributed by atoms with Gasteiger partial charge < -0.3 is 5.11 Å². The first-order chi connectivity index (χ1) is 14.7. The Morgan fingerprint density at radius 2 is 1.47 bits per heavy atom. The number of aliphatic hydroxyl groups is 1. The summed E-state index contributed by atoms with van der Waals surface area (Å²) in [5, 5.41) is 18.4. The first-order valence-corrected chi connectivity index (χ1v) is 10.3. The number of para-hydroxylation sites is 1. The van der Waals surface area contributed by atoms with Crippen molar-refractivity contribution in [3.8, 4) is 0 Å². The molecule has 1 atom stereocenters. The SMILES string of the molecule is OC1(c2ccccc2)CC(=NC2=NN(c3ccccc3)CC2)C=C1c1ccccc1. The second-order valence-corrected chi connectivity index (χ2v) is 7.66. The zero-order chi connectivity index (χ0) is 20.4. The molecule has 0 fully saturated rings. The zero-order valence-corrected chi connectivity index (χ0v) is 16.6. The van der Waals surface area contributed by atoms with Crippen LogP contribution in [0.3, 0.4) is 0 Å². The van der Waals surface area contributed by atoms with Crippen molar-refractivity contribution in [3.63, 3.8) is 0 Å². The van der Waals surface area contributed by atoms with E-state index in [4.69, 9.17) is 10.1 Å². The minimum Gasteiger partial charge on any atom is -0.380 e. The number of amidine groups is 1. The van der Waals surface area contributed by atoms with Crippen LogP contribution in [0.15, 0.2) is 107 Å². The average Bonchev–Trinajstić information content (AvgIpc) is 3.41. The third kappa shape index (κ3) is 3.46. The van der Waals surface area contributed by atoms with Gasteiger partial charge in [0.15, 0.2) is 5.84 Å². The molecule has 5 rings (SSSR count). The summed E-state index contributed by atoms with van der Waals surface area (Å²) in [6, 6.07) is 30.0. The van der Waals surface area contributed by atoms with E-state index in [1.165, 1.54) is 0 Å². The number of hydrogen-bond acceptors (Lipinski definition) is 4. The zero-order valence-electron chi connectivity index (χ0n) is 16.6. The largest absolute Gasteiger partial charge is 0.380 e. The van der Waals surface area contributed by atoms with E-state index in [0.29, 0.717) is 6.42 Å². The molecule has 4 nitrogen and oxygen atoms in total. The van der Waals surface area contributed by atoms with Crippen LogP contribution in [0, 0.1) is 0 Å². The van der Waals surface area contributed by atoms with Crippen molar-refractivity contribution in [3.05, 3.63) is 108 Å². The number of nitrogens with zero attached hydrogens (tertiary/aromatic N) is 3. The Balaban J connectivity index is 1.50. The van der Waals surface area contributed by atoms with Crippen molar-refractivity contribution in [1.29, 1.82) is 0 Å². The molecule has 3 aromatic rings. The van der Waals surface area contributed by atoms with Crippen molar-refractivity contribution < 1.29 is 5.11 Å². The van der Waals surface area contributed by atoms with E-state index in [1.54, 1.807) is 0 Å². The molecule has 1 unspecified atom stereocenters. The number of hydrogen-bond donors (Lipinski definition) is 1. The van der Waals surface area contributed by atoms with E-state index < -0.39 is 5.60 Å². The highest BCUT2D eigenvalue weighted by Gasteiger charge is 2.40. The Morgan fingerprint density at radius 1 is 0.833 bits per heavy atom. The summed E-state index contributed by atoms with van der Waals surface area (Å²) in [7, 11) is 0. The lowest BCUT2D eigenvalue weighted by molar-refractivity contribution is 0.113. The summed E-state index contributed by atoms with van der Waals surface area (Å²) in [5.74, 6) is 0.801. The normalized spacial score (nSPS) is 22.3. The second kappa shape index (κ2) is 7.73. The number of anilines is 1. The summed E-state index contributed by atoms with van der Waals surface area (Å²) in [6.45, 7) is 0.814. The molecule has 0 radical (unpaired) electrons. The molecule has 0 amide bonds. The lowest BCUT2D eigenvalue weighted by Gasteiger charge is -2.27. The number of rotatable bonds is 3. The Bertz CT molecular complexity index is 1120. The van der Waals surface area contributed by atoms with Crippen molar-refractivity contribution in [2.24, 2.45) is 10.1 Å². The molecule has 0 bridgehead atoms. The van der Waals surface area contributed by atoms with Gasteiger partial charge in [0.25, 0.3) is 0 Å². The van der Waals surface area contributed by atoms with Gasteiger partial charge in [0.05, 0.1) is 5.69 Å². The highest BCUT2D eigenvalue weighted by molar-refractivity contribution is 6.13. The van der Waals surface area contributed by atoms with Crippen LogP contribution in [-0.4, -0.2) is 23.2 Å². The Hall–Kier alpha value is -3.50.